The predicted octanol–water partition coefficient (Wildman–Crippen LogP) is 1.96. The highest BCUT2D eigenvalue weighted by atomic mass is 16.5. The molecule has 1 aliphatic rings. The molecule has 1 N–H and O–H groups in total. The summed E-state index contributed by atoms with van der Waals surface area (Å²) in [6.07, 6.45) is -0.738. The topological polar surface area (TPSA) is 61.9 Å². The van der Waals surface area contributed by atoms with Gasteiger partial charge in [0.2, 0.25) is 5.91 Å². The lowest BCUT2D eigenvalue weighted by Crippen LogP contribution is -2.52. The maximum absolute atomic E-state index is 13.0. The first-order valence-corrected chi connectivity index (χ1v) is 9.37. The third-order valence-electron chi connectivity index (χ3n) is 4.73. The molecule has 0 unspecified atom stereocenters. The van der Waals surface area contributed by atoms with Crippen molar-refractivity contribution in [1.82, 2.24) is 15.1 Å². The monoisotopic (exact) mass is 381 g/mol. The second kappa shape index (κ2) is 8.99. The van der Waals surface area contributed by atoms with Crippen LogP contribution in [0.15, 0.2) is 54.6 Å². The SMILES string of the molecule is CN(C)Cc1ccc(CN(C)C(=O)[C@H]2OCC(=O)N[C@@H]2c2ccccc2)cc1. The van der Waals surface area contributed by atoms with Crippen LogP contribution in [0.5, 0.6) is 0 Å². The summed E-state index contributed by atoms with van der Waals surface area (Å²) in [4.78, 5) is 28.6. The fraction of sp³-hybridized carbons (Fsp3) is 0.364. The molecule has 6 heteroatoms. The zero-order chi connectivity index (χ0) is 20.1. The number of carbonyl (C=O) groups is 2. The van der Waals surface area contributed by atoms with Gasteiger partial charge in [-0.15, -0.1) is 0 Å². The first-order chi connectivity index (χ1) is 13.4. The highest BCUT2D eigenvalue weighted by molar-refractivity contribution is 5.86. The van der Waals surface area contributed by atoms with Crippen molar-refractivity contribution in [2.75, 3.05) is 27.7 Å². The summed E-state index contributed by atoms with van der Waals surface area (Å²) in [6.45, 7) is 1.26. The molecule has 1 heterocycles. The van der Waals surface area contributed by atoms with Gasteiger partial charge in [0.25, 0.3) is 5.91 Å². The van der Waals surface area contributed by atoms with Crippen LogP contribution in [0.4, 0.5) is 0 Å². The van der Waals surface area contributed by atoms with E-state index in [4.69, 9.17) is 4.74 Å². The van der Waals surface area contributed by atoms with Gasteiger partial charge in [0.05, 0.1) is 6.04 Å². The highest BCUT2D eigenvalue weighted by Gasteiger charge is 2.37. The fourth-order valence-electron chi connectivity index (χ4n) is 3.37. The Morgan fingerprint density at radius 2 is 1.61 bits per heavy atom. The molecule has 0 saturated carbocycles. The molecule has 0 aliphatic carbocycles. The van der Waals surface area contributed by atoms with Crippen LogP contribution in [-0.4, -0.2) is 55.5 Å². The van der Waals surface area contributed by atoms with Gasteiger partial charge in [-0.1, -0.05) is 54.6 Å². The van der Waals surface area contributed by atoms with Crippen molar-refractivity contribution >= 4 is 11.8 Å². The molecular weight excluding hydrogens is 354 g/mol. The van der Waals surface area contributed by atoms with Crippen LogP contribution in [0.2, 0.25) is 0 Å². The van der Waals surface area contributed by atoms with Crippen LogP contribution in [0.1, 0.15) is 22.7 Å². The lowest BCUT2D eigenvalue weighted by molar-refractivity contribution is -0.154. The van der Waals surface area contributed by atoms with Gasteiger partial charge in [0.15, 0.2) is 6.10 Å². The summed E-state index contributed by atoms with van der Waals surface area (Å²) >= 11 is 0. The molecule has 1 saturated heterocycles. The van der Waals surface area contributed by atoms with Gasteiger partial charge in [0, 0.05) is 20.1 Å². The van der Waals surface area contributed by atoms with Crippen molar-refractivity contribution in [1.29, 1.82) is 0 Å². The highest BCUT2D eigenvalue weighted by Crippen LogP contribution is 2.24. The van der Waals surface area contributed by atoms with Crippen molar-refractivity contribution in [2.24, 2.45) is 0 Å². The molecule has 148 valence electrons. The van der Waals surface area contributed by atoms with E-state index in [-0.39, 0.29) is 18.4 Å². The van der Waals surface area contributed by atoms with E-state index in [1.54, 1.807) is 11.9 Å². The number of hydrogen-bond acceptors (Lipinski definition) is 4. The molecule has 0 bridgehead atoms. The molecule has 0 radical (unpaired) electrons. The van der Waals surface area contributed by atoms with E-state index in [9.17, 15) is 9.59 Å². The average Bonchev–Trinajstić information content (AvgIpc) is 2.69. The second-order valence-corrected chi connectivity index (χ2v) is 7.44. The first kappa shape index (κ1) is 20.0. The number of nitrogens with zero attached hydrogens (tertiary/aromatic N) is 2. The van der Waals surface area contributed by atoms with Crippen LogP contribution in [0.3, 0.4) is 0 Å². The number of hydrogen-bond donors (Lipinski definition) is 1. The molecule has 6 nitrogen and oxygen atoms in total. The van der Waals surface area contributed by atoms with Gasteiger partial charge in [0.1, 0.15) is 6.61 Å². The van der Waals surface area contributed by atoms with Gasteiger partial charge in [-0.05, 0) is 30.8 Å². The van der Waals surface area contributed by atoms with Crippen molar-refractivity contribution in [3.63, 3.8) is 0 Å². The predicted molar refractivity (Wildman–Crippen MR) is 107 cm³/mol. The van der Waals surface area contributed by atoms with Crippen LogP contribution >= 0.6 is 0 Å². The van der Waals surface area contributed by atoms with Crippen LogP contribution in [0, 0.1) is 0 Å². The molecule has 0 aromatic heterocycles. The Morgan fingerprint density at radius 1 is 1.00 bits per heavy atom. The molecule has 2 atom stereocenters. The number of benzene rings is 2. The molecular formula is C22H27N3O3. The molecule has 28 heavy (non-hydrogen) atoms. The quantitative estimate of drug-likeness (QED) is 0.831. The summed E-state index contributed by atoms with van der Waals surface area (Å²) in [6, 6.07) is 17.2. The van der Waals surface area contributed by atoms with E-state index in [0.717, 1.165) is 17.7 Å². The Labute approximate surface area is 166 Å². The number of amides is 2. The number of carbonyl (C=O) groups excluding carboxylic acids is 2. The minimum Gasteiger partial charge on any atom is -0.356 e. The number of rotatable bonds is 6. The zero-order valence-corrected chi connectivity index (χ0v) is 16.6. The smallest absolute Gasteiger partial charge is 0.254 e. The fourth-order valence-corrected chi connectivity index (χ4v) is 3.37. The van der Waals surface area contributed by atoms with Crippen molar-refractivity contribution in [3.05, 3.63) is 71.3 Å². The van der Waals surface area contributed by atoms with Gasteiger partial charge < -0.3 is 19.9 Å². The second-order valence-electron chi connectivity index (χ2n) is 7.44. The van der Waals surface area contributed by atoms with E-state index in [1.807, 2.05) is 56.6 Å². The Kier molecular flexibility index (Phi) is 6.44. The molecule has 0 spiro atoms. The number of likely N-dealkylation sites (N-methyl/N-ethyl adjacent to an activating group) is 1. The molecule has 2 aromatic rings. The largest absolute Gasteiger partial charge is 0.356 e. The first-order valence-electron chi connectivity index (χ1n) is 9.37. The summed E-state index contributed by atoms with van der Waals surface area (Å²) in [5.41, 5.74) is 3.13. The Hall–Kier alpha value is -2.70. The van der Waals surface area contributed by atoms with Gasteiger partial charge in [-0.3, -0.25) is 9.59 Å². The maximum Gasteiger partial charge on any atom is 0.254 e. The van der Waals surface area contributed by atoms with Crippen molar-refractivity contribution in [3.8, 4) is 0 Å². The van der Waals surface area contributed by atoms with E-state index < -0.39 is 12.1 Å². The number of ether oxygens (including phenoxy) is 1. The summed E-state index contributed by atoms with van der Waals surface area (Å²) in [7, 11) is 5.83. The van der Waals surface area contributed by atoms with Crippen LogP contribution in [-0.2, 0) is 27.4 Å². The van der Waals surface area contributed by atoms with E-state index in [2.05, 4.69) is 22.3 Å². The number of morpholine rings is 1. The molecule has 1 fully saturated rings. The maximum atomic E-state index is 13.0. The molecule has 1 aliphatic heterocycles. The van der Waals surface area contributed by atoms with Crippen LogP contribution in [0.25, 0.3) is 0 Å². The van der Waals surface area contributed by atoms with Crippen molar-refractivity contribution < 1.29 is 14.3 Å². The molecule has 2 amide bonds. The van der Waals surface area contributed by atoms with E-state index in [0.29, 0.717) is 6.54 Å². The zero-order valence-electron chi connectivity index (χ0n) is 16.6. The Morgan fingerprint density at radius 3 is 2.21 bits per heavy atom. The number of nitrogens with one attached hydrogen (secondary N) is 1. The van der Waals surface area contributed by atoms with Gasteiger partial charge >= 0.3 is 0 Å². The van der Waals surface area contributed by atoms with Crippen LogP contribution < -0.4 is 5.32 Å². The average molecular weight is 381 g/mol. The van der Waals surface area contributed by atoms with E-state index >= 15 is 0 Å². The molecule has 3 rings (SSSR count). The Bertz CT molecular complexity index is 806. The lowest BCUT2D eigenvalue weighted by atomic mass is 9.98. The van der Waals surface area contributed by atoms with E-state index in [1.165, 1.54) is 5.56 Å². The summed E-state index contributed by atoms with van der Waals surface area (Å²) in [5.74, 6) is -0.358. The van der Waals surface area contributed by atoms with Crippen molar-refractivity contribution in [2.45, 2.75) is 25.2 Å². The van der Waals surface area contributed by atoms with Gasteiger partial charge in [-0.2, -0.15) is 0 Å². The minimum absolute atomic E-state index is 0.104. The standard InChI is InChI=1S/C22H27N3O3/c1-24(2)13-16-9-11-17(12-10-16)14-25(3)22(27)21-20(23-19(26)15-28-21)18-7-5-4-6-8-18/h4-12,20-21H,13-15H2,1-3H3,(H,23,26)/t20-,21+/m1/s1. The third kappa shape index (κ3) is 4.97. The lowest BCUT2D eigenvalue weighted by Gasteiger charge is -2.34. The minimum atomic E-state index is -0.738. The summed E-state index contributed by atoms with van der Waals surface area (Å²) < 4.78 is 5.63. The summed E-state index contributed by atoms with van der Waals surface area (Å²) in [5, 5.41) is 2.89. The third-order valence-corrected chi connectivity index (χ3v) is 4.73. The normalized spacial score (nSPS) is 19.4. The molecule has 2 aromatic carbocycles. The Balaban J connectivity index is 1.69. The van der Waals surface area contributed by atoms with Gasteiger partial charge in [-0.25, -0.2) is 0 Å².